The van der Waals surface area contributed by atoms with Gasteiger partial charge in [-0.05, 0) is 80.9 Å². The van der Waals surface area contributed by atoms with Crippen LogP contribution in [0.25, 0.3) is 33.6 Å². The van der Waals surface area contributed by atoms with E-state index in [1.807, 2.05) is 48.7 Å². The Morgan fingerprint density at radius 3 is 1.77 bits per heavy atom. The SMILES string of the molecule is CC(C)(C)c1cc(-c2cc(C(C)(C)c3ccccc3)cc(-c3[c-]c(N(c4ccccc4)c4ccccn4)cc(-c4ccccc4)c3)n2)c(O)c(C(C)(C)C)c1.[Pt]. The van der Waals surface area contributed by atoms with Crippen molar-refractivity contribution in [3.8, 4) is 39.4 Å². The van der Waals surface area contributed by atoms with Crippen molar-refractivity contribution in [1.29, 1.82) is 0 Å². The number of nitrogens with zero attached hydrogens (tertiary/aromatic N) is 3. The molecule has 0 aliphatic rings. The molecule has 2 aromatic heterocycles. The summed E-state index contributed by atoms with van der Waals surface area (Å²) >= 11 is 0. The summed E-state index contributed by atoms with van der Waals surface area (Å²) in [6.45, 7) is 17.6. The van der Waals surface area contributed by atoms with Crippen molar-refractivity contribution in [2.75, 3.05) is 4.90 Å². The molecule has 0 spiro atoms. The second-order valence-electron chi connectivity index (χ2n) is 16.9. The summed E-state index contributed by atoms with van der Waals surface area (Å²) < 4.78 is 0. The molecule has 286 valence electrons. The molecular weight excluding hydrogens is 866 g/mol. The molecule has 0 fully saturated rings. The van der Waals surface area contributed by atoms with Crippen LogP contribution in [0.4, 0.5) is 17.2 Å². The van der Waals surface area contributed by atoms with Crippen LogP contribution in [0.2, 0.25) is 0 Å². The van der Waals surface area contributed by atoms with E-state index in [-0.39, 0.29) is 43.1 Å². The fourth-order valence-electron chi connectivity index (χ4n) is 7.09. The van der Waals surface area contributed by atoms with Gasteiger partial charge in [-0.15, -0.1) is 23.8 Å². The Morgan fingerprint density at radius 1 is 0.554 bits per heavy atom. The Morgan fingerprint density at radius 2 is 1.16 bits per heavy atom. The Hall–Kier alpha value is -5.31. The normalized spacial score (nSPS) is 11.9. The predicted molar refractivity (Wildman–Crippen MR) is 229 cm³/mol. The van der Waals surface area contributed by atoms with Crippen LogP contribution >= 0.6 is 0 Å². The van der Waals surface area contributed by atoms with Gasteiger partial charge in [0.1, 0.15) is 11.6 Å². The molecule has 0 saturated carbocycles. The van der Waals surface area contributed by atoms with Crippen LogP contribution in [0.15, 0.2) is 152 Å². The molecule has 0 aliphatic heterocycles. The monoisotopic (exact) mass is 915 g/mol. The van der Waals surface area contributed by atoms with Crippen molar-refractivity contribution in [2.45, 2.75) is 71.6 Å². The molecule has 0 radical (unpaired) electrons. The number of aromatic nitrogens is 2. The minimum atomic E-state index is -0.387. The predicted octanol–water partition coefficient (Wildman–Crippen LogP) is 13.4. The maximum Gasteiger partial charge on any atom is 0.136 e. The van der Waals surface area contributed by atoms with E-state index in [0.29, 0.717) is 0 Å². The second-order valence-corrected chi connectivity index (χ2v) is 16.9. The maximum absolute atomic E-state index is 12.1. The second kappa shape index (κ2) is 16.0. The Kier molecular flexibility index (Phi) is 11.6. The number of phenolic OH excluding ortho intramolecular Hbond substituents is 1. The van der Waals surface area contributed by atoms with Crippen LogP contribution in [0.3, 0.4) is 0 Å². The summed E-state index contributed by atoms with van der Waals surface area (Å²) in [6, 6.07) is 54.1. The molecule has 0 atom stereocenters. The van der Waals surface area contributed by atoms with Crippen LogP contribution in [-0.2, 0) is 37.3 Å². The molecule has 56 heavy (non-hydrogen) atoms. The first-order valence-corrected chi connectivity index (χ1v) is 19.1. The van der Waals surface area contributed by atoms with Gasteiger partial charge in [0, 0.05) is 49.5 Å². The topological polar surface area (TPSA) is 49.2 Å². The van der Waals surface area contributed by atoms with Crippen LogP contribution in [0.5, 0.6) is 5.75 Å². The quantitative estimate of drug-likeness (QED) is 0.154. The molecule has 0 unspecified atom stereocenters. The zero-order chi connectivity index (χ0) is 39.0. The first-order valence-electron chi connectivity index (χ1n) is 19.1. The first-order chi connectivity index (χ1) is 26.2. The fraction of sp³-hybridized carbons (Fsp3) is 0.216. The summed E-state index contributed by atoms with van der Waals surface area (Å²) in [7, 11) is 0. The number of hydrogen-bond donors (Lipinski definition) is 1. The molecule has 5 aromatic carbocycles. The summed E-state index contributed by atoms with van der Waals surface area (Å²) in [5.41, 5.74) is 10.5. The van der Waals surface area contributed by atoms with Crippen LogP contribution in [-0.4, -0.2) is 15.1 Å². The zero-order valence-electron chi connectivity index (χ0n) is 33.5. The van der Waals surface area contributed by atoms with Crippen LogP contribution < -0.4 is 4.90 Å². The molecule has 7 aromatic rings. The number of anilines is 3. The molecule has 0 aliphatic carbocycles. The standard InChI is InChI=1S/C51H50N3O.Pt/c1-49(2,3)39-31-43(48(55)44(32-39)50(4,5)6)46-34-40(51(7,8)38-22-14-10-15-23-38)33-45(53-46)37-28-36(35-20-12-9-13-21-35)29-42(30-37)54(41-24-16-11-17-25-41)47-26-18-19-27-52-47;/h9-29,31-34,55H,1-8H3;/q-1;. The van der Waals surface area contributed by atoms with E-state index in [0.717, 1.165) is 67.5 Å². The number of aromatic hydroxyl groups is 1. The Bertz CT molecular complexity index is 2380. The Balaban J connectivity index is 0.00000532. The summed E-state index contributed by atoms with van der Waals surface area (Å²) in [6.07, 6.45) is 1.82. The van der Waals surface area contributed by atoms with E-state index in [2.05, 4.69) is 169 Å². The third-order valence-electron chi connectivity index (χ3n) is 10.5. The van der Waals surface area contributed by atoms with Gasteiger partial charge in [-0.2, -0.15) is 0 Å². The van der Waals surface area contributed by atoms with Crippen molar-refractivity contribution in [1.82, 2.24) is 9.97 Å². The van der Waals surface area contributed by atoms with E-state index in [1.54, 1.807) is 0 Å². The number of hydrogen-bond acceptors (Lipinski definition) is 4. The fourth-order valence-corrected chi connectivity index (χ4v) is 7.09. The van der Waals surface area contributed by atoms with Crippen molar-refractivity contribution >= 4 is 17.2 Å². The van der Waals surface area contributed by atoms with Gasteiger partial charge in [0.25, 0.3) is 0 Å². The van der Waals surface area contributed by atoms with Crippen molar-refractivity contribution < 1.29 is 26.2 Å². The zero-order valence-corrected chi connectivity index (χ0v) is 35.8. The van der Waals surface area contributed by atoms with Crippen molar-refractivity contribution in [3.63, 3.8) is 0 Å². The van der Waals surface area contributed by atoms with Gasteiger partial charge in [-0.25, -0.2) is 4.98 Å². The molecule has 2 heterocycles. The van der Waals surface area contributed by atoms with E-state index in [4.69, 9.17) is 9.97 Å². The summed E-state index contributed by atoms with van der Waals surface area (Å²) in [5, 5.41) is 12.1. The largest absolute Gasteiger partial charge is 0.507 e. The number of phenols is 1. The minimum absolute atomic E-state index is 0. The average Bonchev–Trinajstić information content (AvgIpc) is 3.18. The maximum atomic E-state index is 12.1. The molecule has 5 heteroatoms. The molecule has 0 amide bonds. The number of pyridine rings is 2. The number of para-hydroxylation sites is 1. The smallest absolute Gasteiger partial charge is 0.136 e. The summed E-state index contributed by atoms with van der Waals surface area (Å²) in [4.78, 5) is 12.4. The number of rotatable bonds is 8. The summed E-state index contributed by atoms with van der Waals surface area (Å²) in [5.74, 6) is 1.05. The number of benzene rings is 5. The van der Waals surface area contributed by atoms with E-state index >= 15 is 0 Å². The molecular formula is C51H50N3OPt-. The molecule has 0 saturated heterocycles. The average molecular weight is 916 g/mol. The minimum Gasteiger partial charge on any atom is -0.507 e. The van der Waals surface area contributed by atoms with E-state index < -0.39 is 0 Å². The van der Waals surface area contributed by atoms with Gasteiger partial charge >= 0.3 is 0 Å². The Labute approximate surface area is 347 Å². The van der Waals surface area contributed by atoms with Gasteiger partial charge in [-0.1, -0.05) is 158 Å². The molecule has 0 bridgehead atoms. The van der Waals surface area contributed by atoms with E-state index in [9.17, 15) is 5.11 Å². The third kappa shape index (κ3) is 8.42. The van der Waals surface area contributed by atoms with Crippen molar-refractivity contribution in [2.24, 2.45) is 0 Å². The van der Waals surface area contributed by atoms with Crippen LogP contribution in [0, 0.1) is 6.07 Å². The van der Waals surface area contributed by atoms with E-state index in [1.165, 1.54) is 5.56 Å². The van der Waals surface area contributed by atoms with Gasteiger partial charge in [0.05, 0.1) is 5.69 Å². The van der Waals surface area contributed by atoms with Crippen LogP contribution in [0.1, 0.15) is 77.6 Å². The van der Waals surface area contributed by atoms with Crippen molar-refractivity contribution in [3.05, 3.63) is 180 Å². The van der Waals surface area contributed by atoms with Gasteiger partial charge in [0.2, 0.25) is 0 Å². The van der Waals surface area contributed by atoms with Gasteiger partial charge < -0.3 is 10.0 Å². The first kappa shape index (κ1) is 40.4. The molecule has 1 N–H and O–H groups in total. The molecule has 4 nitrogen and oxygen atoms in total. The van der Waals surface area contributed by atoms with Gasteiger partial charge in [0.15, 0.2) is 0 Å². The van der Waals surface area contributed by atoms with Gasteiger partial charge in [-0.3, -0.25) is 4.98 Å². The third-order valence-corrected chi connectivity index (χ3v) is 10.5. The molecule has 7 rings (SSSR count).